The van der Waals surface area contributed by atoms with Crippen molar-refractivity contribution < 1.29 is 0 Å². The maximum absolute atomic E-state index is 4.53. The third-order valence-corrected chi connectivity index (χ3v) is 11.6. The van der Waals surface area contributed by atoms with E-state index in [1.165, 1.54) is 80.9 Å². The SMILES string of the molecule is c1ccc(-c2cccc(C(Cc3ccc4c5cc(-c6ccc7sc8ccccc8c7c6)ccc5n(-c5cccnc5)c4c3)c3ccccc3)c2)cc1. The van der Waals surface area contributed by atoms with Gasteiger partial charge in [0.15, 0.2) is 0 Å². The highest BCUT2D eigenvalue weighted by atomic mass is 32.1. The molecule has 0 saturated heterocycles. The zero-order valence-electron chi connectivity index (χ0n) is 28.5. The molecule has 7 aromatic carbocycles. The van der Waals surface area contributed by atoms with Crippen LogP contribution in [-0.2, 0) is 6.42 Å². The lowest BCUT2D eigenvalue weighted by Crippen LogP contribution is -2.06. The quantitative estimate of drug-likeness (QED) is 0.164. The molecule has 0 spiro atoms. The first-order valence-electron chi connectivity index (χ1n) is 17.9. The fourth-order valence-electron chi connectivity index (χ4n) is 7.96. The van der Waals surface area contributed by atoms with Gasteiger partial charge in [-0.1, -0.05) is 127 Å². The van der Waals surface area contributed by atoms with Crippen molar-refractivity contribution in [2.75, 3.05) is 0 Å². The number of thiophene rings is 1. The molecule has 0 N–H and O–H groups in total. The average Bonchev–Trinajstić information content (AvgIpc) is 3.75. The number of aromatic nitrogens is 2. The van der Waals surface area contributed by atoms with E-state index < -0.39 is 0 Å². The van der Waals surface area contributed by atoms with E-state index in [-0.39, 0.29) is 5.92 Å². The first-order valence-corrected chi connectivity index (χ1v) is 18.7. The van der Waals surface area contributed by atoms with E-state index in [0.29, 0.717) is 0 Å². The minimum absolute atomic E-state index is 0.202. The highest BCUT2D eigenvalue weighted by molar-refractivity contribution is 7.25. The first kappa shape index (κ1) is 30.5. The minimum Gasteiger partial charge on any atom is -0.308 e. The van der Waals surface area contributed by atoms with Crippen LogP contribution in [0.15, 0.2) is 188 Å². The van der Waals surface area contributed by atoms with Crippen LogP contribution in [0.5, 0.6) is 0 Å². The second-order valence-electron chi connectivity index (χ2n) is 13.6. The van der Waals surface area contributed by atoms with Gasteiger partial charge in [0, 0.05) is 43.1 Å². The van der Waals surface area contributed by atoms with Gasteiger partial charge in [0.2, 0.25) is 0 Å². The lowest BCUT2D eigenvalue weighted by atomic mass is 9.84. The molecule has 0 aliphatic rings. The number of pyridine rings is 1. The number of hydrogen-bond acceptors (Lipinski definition) is 2. The number of fused-ring (bicyclic) bond motifs is 6. The van der Waals surface area contributed by atoms with Crippen molar-refractivity contribution in [1.82, 2.24) is 9.55 Å². The minimum atomic E-state index is 0.202. The van der Waals surface area contributed by atoms with Crippen molar-refractivity contribution in [2.24, 2.45) is 0 Å². The molecule has 3 heteroatoms. The Morgan fingerprint density at radius 1 is 0.462 bits per heavy atom. The van der Waals surface area contributed by atoms with Gasteiger partial charge in [-0.15, -0.1) is 11.3 Å². The van der Waals surface area contributed by atoms with Gasteiger partial charge < -0.3 is 4.57 Å². The number of benzene rings is 7. The number of hydrogen-bond donors (Lipinski definition) is 0. The molecule has 3 heterocycles. The predicted molar refractivity (Wildman–Crippen MR) is 221 cm³/mol. The summed E-state index contributed by atoms with van der Waals surface area (Å²) >= 11 is 1.86. The second kappa shape index (κ2) is 12.8. The second-order valence-corrected chi connectivity index (χ2v) is 14.7. The van der Waals surface area contributed by atoms with Gasteiger partial charge in [-0.05, 0) is 93.9 Å². The Bertz CT molecular complexity index is 2870. The summed E-state index contributed by atoms with van der Waals surface area (Å²) in [5.74, 6) is 0.202. The monoisotopic (exact) mass is 682 g/mol. The van der Waals surface area contributed by atoms with Crippen LogP contribution in [0.3, 0.4) is 0 Å². The molecule has 1 unspecified atom stereocenters. The predicted octanol–water partition coefficient (Wildman–Crippen LogP) is 13.3. The smallest absolute Gasteiger partial charge is 0.0645 e. The van der Waals surface area contributed by atoms with Gasteiger partial charge in [0.25, 0.3) is 0 Å². The molecule has 0 aliphatic carbocycles. The van der Waals surface area contributed by atoms with Gasteiger partial charge in [-0.25, -0.2) is 0 Å². The maximum Gasteiger partial charge on any atom is 0.0645 e. The highest BCUT2D eigenvalue weighted by Gasteiger charge is 2.19. The van der Waals surface area contributed by atoms with Gasteiger partial charge >= 0.3 is 0 Å². The average molecular weight is 683 g/mol. The molecule has 0 fully saturated rings. The first-order chi connectivity index (χ1) is 25.8. The Hall–Kier alpha value is -6.29. The van der Waals surface area contributed by atoms with Crippen LogP contribution in [0.25, 0.3) is 69.9 Å². The topological polar surface area (TPSA) is 17.8 Å². The van der Waals surface area contributed by atoms with Gasteiger partial charge in [-0.2, -0.15) is 0 Å². The standard InChI is InChI=1S/C49H34N2S/c1-3-11-34(12-4-1)36-15-9-16-39(29-36)43(35-13-5-2-6-14-35)27-33-20-23-41-44-30-37(21-24-46(44)51(47(41)28-33)40-17-10-26-50-32-40)38-22-25-49-45(31-38)42-18-7-8-19-48(42)52-49/h1-26,28-32,43H,27H2. The molecule has 0 saturated carbocycles. The molecular weight excluding hydrogens is 649 g/mol. The van der Waals surface area contributed by atoms with E-state index >= 15 is 0 Å². The Morgan fingerprint density at radius 3 is 2.02 bits per heavy atom. The summed E-state index contributed by atoms with van der Waals surface area (Å²) in [7, 11) is 0. The van der Waals surface area contributed by atoms with Crippen molar-refractivity contribution in [3.05, 3.63) is 205 Å². The van der Waals surface area contributed by atoms with Gasteiger partial charge in [0.05, 0.1) is 22.9 Å². The fraction of sp³-hybridized carbons (Fsp3) is 0.0408. The van der Waals surface area contributed by atoms with Gasteiger partial charge in [-0.3, -0.25) is 4.98 Å². The molecule has 3 aromatic heterocycles. The summed E-state index contributed by atoms with van der Waals surface area (Å²) in [5, 5.41) is 5.14. The van der Waals surface area contributed by atoms with Crippen LogP contribution < -0.4 is 0 Å². The molecule has 1 atom stereocenters. The normalized spacial score (nSPS) is 12.2. The van der Waals surface area contributed by atoms with Crippen molar-refractivity contribution in [3.63, 3.8) is 0 Å². The summed E-state index contributed by atoms with van der Waals surface area (Å²) < 4.78 is 5.04. The van der Waals surface area contributed by atoms with E-state index in [1.54, 1.807) is 0 Å². The Kier molecular flexibility index (Phi) is 7.51. The number of rotatable bonds is 7. The largest absolute Gasteiger partial charge is 0.308 e. The molecule has 0 radical (unpaired) electrons. The van der Waals surface area contributed by atoms with Crippen LogP contribution in [0.2, 0.25) is 0 Å². The molecular formula is C49H34N2S. The molecule has 0 bridgehead atoms. The Balaban J connectivity index is 1.11. The molecule has 246 valence electrons. The molecule has 0 amide bonds. The third kappa shape index (κ3) is 5.38. The molecule has 10 aromatic rings. The zero-order chi connectivity index (χ0) is 34.4. The van der Waals surface area contributed by atoms with E-state index in [1.807, 2.05) is 29.8 Å². The number of nitrogens with zero attached hydrogens (tertiary/aromatic N) is 2. The molecule has 2 nitrogen and oxygen atoms in total. The van der Waals surface area contributed by atoms with Crippen LogP contribution in [0.1, 0.15) is 22.6 Å². The lowest BCUT2D eigenvalue weighted by molar-refractivity contribution is 0.806. The fourth-order valence-corrected chi connectivity index (χ4v) is 9.04. The van der Waals surface area contributed by atoms with Crippen LogP contribution in [-0.4, -0.2) is 9.55 Å². The Labute approximate surface area is 306 Å². The van der Waals surface area contributed by atoms with Crippen LogP contribution in [0.4, 0.5) is 0 Å². The zero-order valence-corrected chi connectivity index (χ0v) is 29.3. The summed E-state index contributed by atoms with van der Waals surface area (Å²) in [4.78, 5) is 4.53. The lowest BCUT2D eigenvalue weighted by Gasteiger charge is -2.20. The van der Waals surface area contributed by atoms with E-state index in [9.17, 15) is 0 Å². The highest BCUT2D eigenvalue weighted by Crippen LogP contribution is 2.40. The summed E-state index contributed by atoms with van der Waals surface area (Å²) in [6, 6.07) is 64.5. The summed E-state index contributed by atoms with van der Waals surface area (Å²) in [5.41, 5.74) is 12.3. The van der Waals surface area contributed by atoms with Crippen LogP contribution >= 0.6 is 11.3 Å². The van der Waals surface area contributed by atoms with Crippen LogP contribution in [0, 0.1) is 0 Å². The third-order valence-electron chi connectivity index (χ3n) is 10.5. The van der Waals surface area contributed by atoms with Crippen molar-refractivity contribution >= 4 is 53.3 Å². The Morgan fingerprint density at radius 2 is 1.17 bits per heavy atom. The van der Waals surface area contributed by atoms with Gasteiger partial charge in [0.1, 0.15) is 0 Å². The molecule has 10 rings (SSSR count). The van der Waals surface area contributed by atoms with Crippen molar-refractivity contribution in [3.8, 4) is 27.9 Å². The molecule has 52 heavy (non-hydrogen) atoms. The van der Waals surface area contributed by atoms with E-state index in [0.717, 1.165) is 12.1 Å². The van der Waals surface area contributed by atoms with Crippen molar-refractivity contribution in [2.45, 2.75) is 12.3 Å². The van der Waals surface area contributed by atoms with E-state index in [2.05, 4.69) is 179 Å². The summed E-state index contributed by atoms with van der Waals surface area (Å²) in [6.45, 7) is 0. The maximum atomic E-state index is 4.53. The van der Waals surface area contributed by atoms with E-state index in [4.69, 9.17) is 0 Å². The molecule has 0 aliphatic heterocycles. The summed E-state index contributed by atoms with van der Waals surface area (Å²) in [6.07, 6.45) is 4.70. The van der Waals surface area contributed by atoms with Crippen molar-refractivity contribution in [1.29, 1.82) is 0 Å².